The van der Waals surface area contributed by atoms with E-state index in [4.69, 9.17) is 21.3 Å². The maximum absolute atomic E-state index is 6.14. The number of aromatic nitrogens is 2. The summed E-state index contributed by atoms with van der Waals surface area (Å²) in [7, 11) is 0. The van der Waals surface area contributed by atoms with Gasteiger partial charge in [0.25, 0.3) is 0 Å². The zero-order valence-electron chi connectivity index (χ0n) is 14.1. The minimum absolute atomic E-state index is 0.134. The van der Waals surface area contributed by atoms with Crippen LogP contribution in [-0.2, 0) is 11.3 Å². The van der Waals surface area contributed by atoms with Gasteiger partial charge in [0.05, 0.1) is 11.0 Å². The number of ether oxygens (including phenoxy) is 1. The van der Waals surface area contributed by atoms with Crippen molar-refractivity contribution in [1.82, 2.24) is 14.5 Å². The van der Waals surface area contributed by atoms with Crippen LogP contribution in [0.1, 0.15) is 45.0 Å². The highest BCUT2D eigenvalue weighted by Crippen LogP contribution is 2.31. The Kier molecular flexibility index (Phi) is 5.57. The van der Waals surface area contributed by atoms with Gasteiger partial charge in [-0.1, -0.05) is 25.4 Å². The van der Waals surface area contributed by atoms with E-state index in [1.165, 1.54) is 5.52 Å². The molecule has 3 rings (SSSR count). The SMILES string of the molecule is CCN(CC)CCCn1c(C2CCCO2)nc2cc(Cl)ccc21. The highest BCUT2D eigenvalue weighted by molar-refractivity contribution is 6.31. The average Bonchev–Trinajstić information content (AvgIpc) is 3.19. The van der Waals surface area contributed by atoms with E-state index in [1.54, 1.807) is 0 Å². The lowest BCUT2D eigenvalue weighted by Crippen LogP contribution is -2.25. The summed E-state index contributed by atoms with van der Waals surface area (Å²) >= 11 is 6.14. The van der Waals surface area contributed by atoms with Gasteiger partial charge in [-0.2, -0.15) is 0 Å². The molecule has 126 valence electrons. The Balaban J connectivity index is 1.84. The third-order valence-electron chi connectivity index (χ3n) is 4.71. The molecule has 1 unspecified atom stereocenters. The van der Waals surface area contributed by atoms with Crippen LogP contribution in [0.5, 0.6) is 0 Å². The lowest BCUT2D eigenvalue weighted by Gasteiger charge is -2.19. The Morgan fingerprint density at radius 3 is 2.87 bits per heavy atom. The Morgan fingerprint density at radius 2 is 2.17 bits per heavy atom. The van der Waals surface area contributed by atoms with Gasteiger partial charge in [0.15, 0.2) is 0 Å². The third-order valence-corrected chi connectivity index (χ3v) is 4.94. The van der Waals surface area contributed by atoms with Crippen molar-refractivity contribution in [3.05, 3.63) is 29.0 Å². The molecule has 0 amide bonds. The van der Waals surface area contributed by atoms with E-state index in [0.29, 0.717) is 0 Å². The predicted molar refractivity (Wildman–Crippen MR) is 95.1 cm³/mol. The number of imidazole rings is 1. The van der Waals surface area contributed by atoms with Crippen LogP contribution >= 0.6 is 11.6 Å². The number of nitrogens with zero attached hydrogens (tertiary/aromatic N) is 3. The van der Waals surface area contributed by atoms with Crippen LogP contribution in [-0.4, -0.2) is 40.7 Å². The predicted octanol–water partition coefficient (Wildman–Crippen LogP) is 4.27. The first-order valence-electron chi connectivity index (χ1n) is 8.72. The average molecular weight is 336 g/mol. The van der Waals surface area contributed by atoms with Crippen molar-refractivity contribution >= 4 is 22.6 Å². The molecule has 0 aliphatic carbocycles. The van der Waals surface area contributed by atoms with Crippen molar-refractivity contribution in [3.63, 3.8) is 0 Å². The Morgan fingerprint density at radius 1 is 1.35 bits per heavy atom. The quantitative estimate of drug-likeness (QED) is 0.756. The normalized spacial score (nSPS) is 18.3. The molecule has 1 aliphatic rings. The molecule has 1 fully saturated rings. The summed E-state index contributed by atoms with van der Waals surface area (Å²) in [4.78, 5) is 7.29. The number of fused-ring (bicyclic) bond motifs is 1. The molecule has 2 aromatic rings. The molecule has 23 heavy (non-hydrogen) atoms. The second-order valence-electron chi connectivity index (χ2n) is 6.14. The molecule has 1 aliphatic heterocycles. The second kappa shape index (κ2) is 7.65. The zero-order valence-corrected chi connectivity index (χ0v) is 14.9. The lowest BCUT2D eigenvalue weighted by atomic mass is 10.2. The summed E-state index contributed by atoms with van der Waals surface area (Å²) in [5.74, 6) is 1.07. The van der Waals surface area contributed by atoms with Crippen LogP contribution in [0.4, 0.5) is 0 Å². The number of benzene rings is 1. The molecule has 1 atom stereocenters. The van der Waals surface area contributed by atoms with Gasteiger partial charge in [-0.25, -0.2) is 4.98 Å². The number of hydrogen-bond donors (Lipinski definition) is 0. The van der Waals surface area contributed by atoms with Crippen molar-refractivity contribution in [2.45, 2.75) is 45.8 Å². The molecule has 0 saturated carbocycles. The van der Waals surface area contributed by atoms with Crippen LogP contribution in [0.2, 0.25) is 5.02 Å². The van der Waals surface area contributed by atoms with Gasteiger partial charge in [0.1, 0.15) is 11.9 Å². The maximum atomic E-state index is 6.14. The number of hydrogen-bond acceptors (Lipinski definition) is 3. The molecule has 0 bridgehead atoms. The van der Waals surface area contributed by atoms with Crippen LogP contribution < -0.4 is 0 Å². The fourth-order valence-electron chi connectivity index (χ4n) is 3.38. The van der Waals surface area contributed by atoms with E-state index < -0.39 is 0 Å². The minimum Gasteiger partial charge on any atom is -0.370 e. The van der Waals surface area contributed by atoms with Gasteiger partial charge in [-0.15, -0.1) is 0 Å². The van der Waals surface area contributed by atoms with E-state index in [-0.39, 0.29) is 6.10 Å². The number of aryl methyl sites for hydroxylation is 1. The van der Waals surface area contributed by atoms with E-state index in [9.17, 15) is 0 Å². The summed E-state index contributed by atoms with van der Waals surface area (Å²) in [5.41, 5.74) is 2.14. The molecule has 0 radical (unpaired) electrons. The molecular weight excluding hydrogens is 310 g/mol. The van der Waals surface area contributed by atoms with Crippen molar-refractivity contribution in [1.29, 1.82) is 0 Å². The Labute approximate surface area is 143 Å². The summed E-state index contributed by atoms with van der Waals surface area (Å²) in [6.45, 7) is 9.58. The van der Waals surface area contributed by atoms with Gasteiger partial charge >= 0.3 is 0 Å². The van der Waals surface area contributed by atoms with Crippen molar-refractivity contribution < 1.29 is 4.74 Å². The van der Waals surface area contributed by atoms with Gasteiger partial charge in [0.2, 0.25) is 0 Å². The summed E-state index contributed by atoms with van der Waals surface area (Å²) in [6, 6.07) is 5.99. The summed E-state index contributed by atoms with van der Waals surface area (Å²) in [6.07, 6.45) is 3.44. The Bertz CT molecular complexity index is 645. The molecular formula is C18H26ClN3O. The van der Waals surface area contributed by atoms with Crippen LogP contribution in [0, 0.1) is 0 Å². The fraction of sp³-hybridized carbons (Fsp3) is 0.611. The first-order valence-corrected chi connectivity index (χ1v) is 9.10. The summed E-state index contributed by atoms with van der Waals surface area (Å²) in [5, 5.41) is 0.740. The molecule has 1 aromatic carbocycles. The van der Waals surface area contributed by atoms with Crippen molar-refractivity contribution in [2.24, 2.45) is 0 Å². The molecule has 5 heteroatoms. The maximum Gasteiger partial charge on any atom is 0.139 e. The van der Waals surface area contributed by atoms with Gasteiger partial charge < -0.3 is 14.2 Å². The van der Waals surface area contributed by atoms with Crippen LogP contribution in [0.3, 0.4) is 0 Å². The van der Waals surface area contributed by atoms with Gasteiger partial charge in [-0.3, -0.25) is 0 Å². The largest absolute Gasteiger partial charge is 0.370 e. The topological polar surface area (TPSA) is 30.3 Å². The number of halogens is 1. The van der Waals surface area contributed by atoms with Crippen LogP contribution in [0.15, 0.2) is 18.2 Å². The first-order chi connectivity index (χ1) is 11.2. The van der Waals surface area contributed by atoms with Crippen molar-refractivity contribution in [3.8, 4) is 0 Å². The van der Waals surface area contributed by atoms with Gasteiger partial charge in [-0.05, 0) is 57.1 Å². The standard InChI is InChI=1S/C18H26ClN3O/c1-3-21(4-2)10-6-11-22-16-9-8-14(19)13-15(16)20-18(22)17-7-5-12-23-17/h8-9,13,17H,3-7,10-12H2,1-2H3. The summed E-state index contributed by atoms with van der Waals surface area (Å²) < 4.78 is 8.22. The third kappa shape index (κ3) is 3.70. The Hall–Kier alpha value is -1.10. The van der Waals surface area contributed by atoms with E-state index in [1.807, 2.05) is 12.1 Å². The lowest BCUT2D eigenvalue weighted by molar-refractivity contribution is 0.102. The molecule has 4 nitrogen and oxygen atoms in total. The van der Waals surface area contributed by atoms with Gasteiger partial charge in [0, 0.05) is 18.2 Å². The number of rotatable bonds is 7. The smallest absolute Gasteiger partial charge is 0.139 e. The van der Waals surface area contributed by atoms with E-state index >= 15 is 0 Å². The molecule has 0 N–H and O–H groups in total. The van der Waals surface area contributed by atoms with E-state index in [0.717, 1.165) is 68.4 Å². The molecule has 0 spiro atoms. The highest BCUT2D eigenvalue weighted by Gasteiger charge is 2.24. The van der Waals surface area contributed by atoms with Crippen LogP contribution in [0.25, 0.3) is 11.0 Å². The fourth-order valence-corrected chi connectivity index (χ4v) is 3.54. The van der Waals surface area contributed by atoms with E-state index in [2.05, 4.69) is 29.4 Å². The molecule has 1 saturated heterocycles. The second-order valence-corrected chi connectivity index (χ2v) is 6.57. The first kappa shape index (κ1) is 16.7. The minimum atomic E-state index is 0.134. The highest BCUT2D eigenvalue weighted by atomic mass is 35.5. The molecule has 2 heterocycles. The van der Waals surface area contributed by atoms with Crippen molar-refractivity contribution in [2.75, 3.05) is 26.2 Å². The molecule has 1 aromatic heterocycles. The monoisotopic (exact) mass is 335 g/mol. The zero-order chi connectivity index (χ0) is 16.2.